The van der Waals surface area contributed by atoms with E-state index >= 15 is 0 Å². The van der Waals surface area contributed by atoms with E-state index in [2.05, 4.69) is 5.32 Å². The summed E-state index contributed by atoms with van der Waals surface area (Å²) < 4.78 is 37.4. The van der Waals surface area contributed by atoms with E-state index in [1.54, 1.807) is 48.5 Å². The molecule has 3 aromatic rings. The number of thiophene rings is 1. The van der Waals surface area contributed by atoms with E-state index in [1.165, 1.54) is 30.6 Å². The van der Waals surface area contributed by atoms with E-state index in [0.717, 1.165) is 0 Å². The number of amides is 1. The minimum absolute atomic E-state index is 0.0365. The van der Waals surface area contributed by atoms with Crippen LogP contribution in [-0.4, -0.2) is 34.1 Å². The molecule has 1 amide bonds. The number of sulfone groups is 1. The predicted molar refractivity (Wildman–Crippen MR) is 122 cm³/mol. The fraction of sp³-hybridized carbons (Fsp3) is 0.261. The van der Waals surface area contributed by atoms with Crippen molar-refractivity contribution in [2.24, 2.45) is 0 Å². The molecule has 1 aromatic heterocycles. The quantitative estimate of drug-likeness (QED) is 0.510. The van der Waals surface area contributed by atoms with Crippen LogP contribution in [0.25, 0.3) is 0 Å². The Kier molecular flexibility index (Phi) is 7.35. The van der Waals surface area contributed by atoms with Gasteiger partial charge in [0.2, 0.25) is 0 Å². The number of benzene rings is 2. The zero-order chi connectivity index (χ0) is 22.4. The van der Waals surface area contributed by atoms with E-state index in [-0.39, 0.29) is 23.5 Å². The Labute approximate surface area is 186 Å². The molecule has 0 aliphatic heterocycles. The summed E-state index contributed by atoms with van der Waals surface area (Å²) in [6, 6.07) is 16.6. The minimum atomic E-state index is -3.73. The predicted octanol–water partition coefficient (Wildman–Crippen LogP) is 4.49. The van der Waals surface area contributed by atoms with Crippen molar-refractivity contribution >= 4 is 27.1 Å². The Morgan fingerprint density at radius 2 is 1.65 bits per heavy atom. The smallest absolute Gasteiger partial charge is 0.251 e. The molecule has 3 rings (SSSR count). The molecular formula is C23H25NO5S2. The second-order valence-electron chi connectivity index (χ2n) is 7.13. The van der Waals surface area contributed by atoms with Crippen LogP contribution in [0.2, 0.25) is 0 Å². The molecule has 0 bridgehead atoms. The Hall–Kier alpha value is -2.84. The summed E-state index contributed by atoms with van der Waals surface area (Å²) >= 11 is 1.34. The van der Waals surface area contributed by atoms with Crippen LogP contribution in [0.3, 0.4) is 0 Å². The maximum atomic E-state index is 13.3. The van der Waals surface area contributed by atoms with Gasteiger partial charge < -0.3 is 14.8 Å². The second kappa shape index (κ2) is 9.98. The standard InChI is InChI=1S/C23H25NO5S2/c1-16(2)29-19-8-6-17(7-9-19)23(25)24-15-22(21-5-4-14-30-21)31(26,27)20-12-10-18(28-3)11-13-20/h4-14,16,22H,15H2,1-3H3,(H,24,25). The molecule has 31 heavy (non-hydrogen) atoms. The largest absolute Gasteiger partial charge is 0.497 e. The molecule has 0 aliphatic rings. The second-order valence-corrected chi connectivity index (χ2v) is 10.2. The van der Waals surface area contributed by atoms with E-state index in [9.17, 15) is 13.2 Å². The molecular weight excluding hydrogens is 434 g/mol. The zero-order valence-electron chi connectivity index (χ0n) is 17.6. The number of methoxy groups -OCH3 is 1. The van der Waals surface area contributed by atoms with Crippen molar-refractivity contribution in [3.05, 3.63) is 76.5 Å². The Morgan fingerprint density at radius 1 is 1.00 bits per heavy atom. The highest BCUT2D eigenvalue weighted by atomic mass is 32.2. The van der Waals surface area contributed by atoms with Gasteiger partial charge in [0.15, 0.2) is 9.84 Å². The van der Waals surface area contributed by atoms with Gasteiger partial charge in [-0.15, -0.1) is 11.3 Å². The molecule has 1 heterocycles. The summed E-state index contributed by atoms with van der Waals surface area (Å²) in [5, 5.41) is 3.69. The van der Waals surface area contributed by atoms with Crippen molar-refractivity contribution < 1.29 is 22.7 Å². The van der Waals surface area contributed by atoms with Crippen molar-refractivity contribution in [1.29, 1.82) is 0 Å². The molecule has 0 saturated carbocycles. The number of ether oxygens (including phenoxy) is 2. The Balaban J connectivity index is 1.78. The molecule has 0 saturated heterocycles. The van der Waals surface area contributed by atoms with Crippen LogP contribution < -0.4 is 14.8 Å². The lowest BCUT2D eigenvalue weighted by Crippen LogP contribution is -2.31. The third-order valence-corrected chi connectivity index (χ3v) is 7.79. The highest BCUT2D eigenvalue weighted by Crippen LogP contribution is 2.32. The molecule has 0 spiro atoms. The zero-order valence-corrected chi connectivity index (χ0v) is 19.2. The highest BCUT2D eigenvalue weighted by molar-refractivity contribution is 7.91. The molecule has 1 atom stereocenters. The molecule has 0 fully saturated rings. The molecule has 0 radical (unpaired) electrons. The van der Waals surface area contributed by atoms with Gasteiger partial charge in [0.25, 0.3) is 5.91 Å². The normalized spacial score (nSPS) is 12.4. The van der Waals surface area contributed by atoms with E-state index in [4.69, 9.17) is 9.47 Å². The summed E-state index contributed by atoms with van der Waals surface area (Å²) in [4.78, 5) is 13.5. The third-order valence-electron chi connectivity index (χ3n) is 4.56. The number of rotatable bonds is 9. The van der Waals surface area contributed by atoms with Crippen LogP contribution in [0.15, 0.2) is 70.9 Å². The van der Waals surface area contributed by atoms with Gasteiger partial charge in [0.1, 0.15) is 16.7 Å². The first-order chi connectivity index (χ1) is 14.8. The average Bonchev–Trinajstić information content (AvgIpc) is 3.28. The molecule has 164 valence electrons. The summed E-state index contributed by atoms with van der Waals surface area (Å²) in [7, 11) is -2.20. The lowest BCUT2D eigenvalue weighted by molar-refractivity contribution is 0.0953. The van der Waals surface area contributed by atoms with Gasteiger partial charge in [-0.05, 0) is 73.8 Å². The van der Waals surface area contributed by atoms with Gasteiger partial charge in [-0.1, -0.05) is 6.07 Å². The maximum Gasteiger partial charge on any atom is 0.251 e. The van der Waals surface area contributed by atoms with Crippen LogP contribution >= 0.6 is 11.3 Å². The van der Waals surface area contributed by atoms with Gasteiger partial charge in [-0.2, -0.15) is 0 Å². The first-order valence-electron chi connectivity index (χ1n) is 9.77. The maximum absolute atomic E-state index is 13.3. The van der Waals surface area contributed by atoms with Gasteiger partial charge in [0, 0.05) is 17.0 Å². The van der Waals surface area contributed by atoms with Crippen LogP contribution in [0.5, 0.6) is 11.5 Å². The van der Waals surface area contributed by atoms with Crippen molar-refractivity contribution in [1.82, 2.24) is 5.32 Å². The molecule has 8 heteroatoms. The lowest BCUT2D eigenvalue weighted by Gasteiger charge is -2.18. The van der Waals surface area contributed by atoms with E-state index in [0.29, 0.717) is 21.9 Å². The molecule has 2 aromatic carbocycles. The minimum Gasteiger partial charge on any atom is -0.497 e. The Bertz CT molecular complexity index is 1090. The SMILES string of the molecule is COc1ccc(S(=O)(=O)C(CNC(=O)c2ccc(OC(C)C)cc2)c2cccs2)cc1. The van der Waals surface area contributed by atoms with Crippen molar-refractivity contribution in [3.8, 4) is 11.5 Å². The first kappa shape index (κ1) is 22.8. The molecule has 6 nitrogen and oxygen atoms in total. The summed E-state index contributed by atoms with van der Waals surface area (Å²) in [6.45, 7) is 3.81. The molecule has 1 unspecified atom stereocenters. The first-order valence-corrected chi connectivity index (χ1v) is 12.2. The number of carbonyl (C=O) groups excluding carboxylic acids is 1. The number of carbonyl (C=O) groups is 1. The number of nitrogens with one attached hydrogen (secondary N) is 1. The molecule has 0 aliphatic carbocycles. The average molecular weight is 460 g/mol. The van der Waals surface area contributed by atoms with Gasteiger partial charge in [0.05, 0.1) is 18.1 Å². The van der Waals surface area contributed by atoms with E-state index in [1.807, 2.05) is 19.2 Å². The fourth-order valence-corrected chi connectivity index (χ4v) is 5.80. The topological polar surface area (TPSA) is 81.7 Å². The summed E-state index contributed by atoms with van der Waals surface area (Å²) in [6.07, 6.45) is 0.0365. The lowest BCUT2D eigenvalue weighted by atomic mass is 10.2. The van der Waals surface area contributed by atoms with Crippen molar-refractivity contribution in [2.75, 3.05) is 13.7 Å². The summed E-state index contributed by atoms with van der Waals surface area (Å²) in [5.41, 5.74) is 0.433. The van der Waals surface area contributed by atoms with Crippen LogP contribution in [0.1, 0.15) is 34.3 Å². The van der Waals surface area contributed by atoms with Gasteiger partial charge in [-0.3, -0.25) is 4.79 Å². The van der Waals surface area contributed by atoms with Gasteiger partial charge in [-0.25, -0.2) is 8.42 Å². The highest BCUT2D eigenvalue weighted by Gasteiger charge is 2.30. The number of hydrogen-bond donors (Lipinski definition) is 1. The van der Waals surface area contributed by atoms with Crippen LogP contribution in [0.4, 0.5) is 0 Å². The monoisotopic (exact) mass is 459 g/mol. The van der Waals surface area contributed by atoms with E-state index < -0.39 is 15.1 Å². The number of hydrogen-bond acceptors (Lipinski definition) is 6. The Morgan fingerprint density at radius 3 is 2.19 bits per heavy atom. The van der Waals surface area contributed by atoms with Crippen LogP contribution in [-0.2, 0) is 9.84 Å². The van der Waals surface area contributed by atoms with Gasteiger partial charge >= 0.3 is 0 Å². The van der Waals surface area contributed by atoms with Crippen LogP contribution in [0, 0.1) is 0 Å². The third kappa shape index (κ3) is 5.65. The van der Waals surface area contributed by atoms with Crippen molar-refractivity contribution in [3.63, 3.8) is 0 Å². The van der Waals surface area contributed by atoms with Crippen molar-refractivity contribution in [2.45, 2.75) is 30.1 Å². The summed E-state index contributed by atoms with van der Waals surface area (Å²) in [5.74, 6) is 0.900. The molecule has 1 N–H and O–H groups in total. The fourth-order valence-electron chi connectivity index (χ4n) is 3.01.